The number of hydrogen-bond acceptors (Lipinski definition) is 3. The number of thiophene rings is 1. The zero-order chi connectivity index (χ0) is 17.7. The summed E-state index contributed by atoms with van der Waals surface area (Å²) in [6.07, 6.45) is 7.13. The van der Waals surface area contributed by atoms with Gasteiger partial charge in [-0.1, -0.05) is 31.0 Å². The highest BCUT2D eigenvalue weighted by atomic mass is 32.1. The lowest BCUT2D eigenvalue weighted by Gasteiger charge is -2.30. The maximum atomic E-state index is 14.3. The van der Waals surface area contributed by atoms with Gasteiger partial charge in [-0.15, -0.1) is 11.3 Å². The number of carbonyl (C=O) groups is 1. The summed E-state index contributed by atoms with van der Waals surface area (Å²) in [4.78, 5) is 13.1. The normalized spacial score (nSPS) is 16.4. The first-order chi connectivity index (χ1) is 12.1. The van der Waals surface area contributed by atoms with Crippen LogP contribution in [0.5, 0.6) is 0 Å². The molecule has 0 bridgehead atoms. The Morgan fingerprint density at radius 1 is 1.32 bits per heavy atom. The van der Waals surface area contributed by atoms with Crippen LogP contribution in [0, 0.1) is 5.82 Å². The predicted molar refractivity (Wildman–Crippen MR) is 98.8 cm³/mol. The molecule has 1 aromatic heterocycles. The van der Waals surface area contributed by atoms with Crippen molar-refractivity contribution in [2.24, 2.45) is 0 Å². The summed E-state index contributed by atoms with van der Waals surface area (Å²) in [7, 11) is 0. The first-order valence-corrected chi connectivity index (χ1v) is 9.40. The minimum absolute atomic E-state index is 0.00168. The van der Waals surface area contributed by atoms with Gasteiger partial charge in [-0.2, -0.15) is 0 Å². The van der Waals surface area contributed by atoms with E-state index in [-0.39, 0.29) is 23.7 Å². The number of rotatable bonds is 6. The molecule has 5 heteroatoms. The van der Waals surface area contributed by atoms with Gasteiger partial charge in [-0.05, 0) is 47.6 Å². The van der Waals surface area contributed by atoms with Crippen LogP contribution in [0.25, 0.3) is 6.08 Å². The molecular weight excluding hydrogens is 337 g/mol. The van der Waals surface area contributed by atoms with Crippen molar-refractivity contribution in [1.82, 2.24) is 5.32 Å². The molecule has 3 rings (SSSR count). The highest BCUT2D eigenvalue weighted by Crippen LogP contribution is 2.41. The second kappa shape index (κ2) is 7.93. The maximum Gasteiger partial charge on any atom is 0.244 e. The molecule has 1 aromatic carbocycles. The van der Waals surface area contributed by atoms with Gasteiger partial charge in [0.25, 0.3) is 0 Å². The lowest BCUT2D eigenvalue weighted by molar-refractivity contribution is -0.116. The van der Waals surface area contributed by atoms with Gasteiger partial charge < -0.3 is 10.4 Å². The van der Waals surface area contributed by atoms with E-state index in [4.69, 9.17) is 5.11 Å². The van der Waals surface area contributed by atoms with Gasteiger partial charge in [0.05, 0.1) is 6.61 Å². The number of carbonyl (C=O) groups excluding carboxylic acids is 1. The first kappa shape index (κ1) is 17.8. The fourth-order valence-corrected chi connectivity index (χ4v) is 4.32. The zero-order valence-electron chi connectivity index (χ0n) is 14.0. The zero-order valence-corrected chi connectivity index (χ0v) is 14.8. The SMILES string of the molecule is O=C(C=Cc1cc(CO)cs1)NCC1(c2ccccc2F)CCCC1. The molecule has 1 fully saturated rings. The highest BCUT2D eigenvalue weighted by molar-refractivity contribution is 7.11. The largest absolute Gasteiger partial charge is 0.392 e. The monoisotopic (exact) mass is 359 g/mol. The Kier molecular flexibility index (Phi) is 5.66. The van der Waals surface area contributed by atoms with E-state index in [1.165, 1.54) is 23.5 Å². The quantitative estimate of drug-likeness (QED) is 0.766. The molecular formula is C20H22FNO2S. The van der Waals surface area contributed by atoms with Gasteiger partial charge in [0.1, 0.15) is 5.82 Å². The van der Waals surface area contributed by atoms with Crippen LogP contribution in [0.4, 0.5) is 4.39 Å². The molecule has 2 aromatic rings. The van der Waals surface area contributed by atoms with E-state index in [9.17, 15) is 9.18 Å². The molecule has 3 nitrogen and oxygen atoms in total. The molecule has 1 amide bonds. The standard InChI is InChI=1S/C20H22FNO2S/c21-18-6-2-1-5-17(18)20(9-3-4-10-20)14-22-19(24)8-7-16-11-15(12-23)13-25-16/h1-2,5-8,11,13,23H,3-4,9-10,12,14H2,(H,22,24). The smallest absolute Gasteiger partial charge is 0.244 e. The van der Waals surface area contributed by atoms with E-state index in [1.54, 1.807) is 12.1 Å². The number of benzene rings is 1. The third-order valence-corrected chi connectivity index (χ3v) is 5.81. The second-order valence-electron chi connectivity index (χ2n) is 6.53. The molecule has 0 aliphatic heterocycles. The van der Waals surface area contributed by atoms with Crippen molar-refractivity contribution in [3.8, 4) is 0 Å². The van der Waals surface area contributed by atoms with E-state index >= 15 is 0 Å². The Bertz CT molecular complexity index is 763. The number of nitrogens with one attached hydrogen (secondary N) is 1. The van der Waals surface area contributed by atoms with E-state index in [0.717, 1.165) is 36.1 Å². The summed E-state index contributed by atoms with van der Waals surface area (Å²) >= 11 is 1.48. The van der Waals surface area contributed by atoms with Crippen LogP contribution in [0.2, 0.25) is 0 Å². The fourth-order valence-electron chi connectivity index (χ4n) is 3.52. The fraction of sp³-hybridized carbons (Fsp3) is 0.350. The average Bonchev–Trinajstić information content (AvgIpc) is 3.28. The van der Waals surface area contributed by atoms with Crippen LogP contribution in [-0.2, 0) is 16.8 Å². The Labute approximate surface area is 151 Å². The van der Waals surface area contributed by atoms with Gasteiger partial charge >= 0.3 is 0 Å². The number of aliphatic hydroxyl groups excluding tert-OH is 1. The van der Waals surface area contributed by atoms with Crippen LogP contribution in [-0.4, -0.2) is 17.6 Å². The van der Waals surface area contributed by atoms with E-state index < -0.39 is 0 Å². The highest BCUT2D eigenvalue weighted by Gasteiger charge is 2.37. The van der Waals surface area contributed by atoms with Crippen molar-refractivity contribution in [2.75, 3.05) is 6.54 Å². The molecule has 25 heavy (non-hydrogen) atoms. The number of halogens is 1. The minimum Gasteiger partial charge on any atom is -0.392 e. The molecule has 2 N–H and O–H groups in total. The average molecular weight is 359 g/mol. The molecule has 1 saturated carbocycles. The van der Waals surface area contributed by atoms with Gasteiger partial charge in [0.15, 0.2) is 0 Å². The van der Waals surface area contributed by atoms with E-state index in [0.29, 0.717) is 12.1 Å². The molecule has 1 heterocycles. The van der Waals surface area contributed by atoms with E-state index in [2.05, 4.69) is 5.32 Å². The van der Waals surface area contributed by atoms with Crippen LogP contribution in [0.3, 0.4) is 0 Å². The molecule has 0 spiro atoms. The van der Waals surface area contributed by atoms with Crippen molar-refractivity contribution >= 4 is 23.3 Å². The molecule has 1 aliphatic rings. The van der Waals surface area contributed by atoms with Crippen molar-refractivity contribution in [3.05, 3.63) is 63.6 Å². The number of aliphatic hydroxyl groups is 1. The van der Waals surface area contributed by atoms with Gasteiger partial charge in [-0.25, -0.2) is 4.39 Å². The summed E-state index contributed by atoms with van der Waals surface area (Å²) in [5, 5.41) is 13.9. The van der Waals surface area contributed by atoms with Crippen LogP contribution in [0.15, 0.2) is 41.8 Å². The van der Waals surface area contributed by atoms with Crippen molar-refractivity contribution in [2.45, 2.75) is 37.7 Å². The van der Waals surface area contributed by atoms with Crippen LogP contribution in [0.1, 0.15) is 41.7 Å². The van der Waals surface area contributed by atoms with Gasteiger partial charge in [-0.3, -0.25) is 4.79 Å². The lowest BCUT2D eigenvalue weighted by Crippen LogP contribution is -2.39. The van der Waals surface area contributed by atoms with Crippen molar-refractivity contribution in [3.63, 3.8) is 0 Å². The molecule has 0 unspecified atom stereocenters. The molecule has 1 aliphatic carbocycles. The van der Waals surface area contributed by atoms with E-state index in [1.807, 2.05) is 23.6 Å². The summed E-state index contributed by atoms with van der Waals surface area (Å²) in [5.74, 6) is -0.370. The Morgan fingerprint density at radius 2 is 2.08 bits per heavy atom. The molecule has 0 saturated heterocycles. The molecule has 0 atom stereocenters. The number of amides is 1. The summed E-state index contributed by atoms with van der Waals surface area (Å²) < 4.78 is 14.3. The van der Waals surface area contributed by atoms with Gasteiger partial charge in [0, 0.05) is 22.9 Å². The summed E-state index contributed by atoms with van der Waals surface area (Å²) in [5.41, 5.74) is 1.25. The predicted octanol–water partition coefficient (Wildman–Crippen LogP) is 4.02. The van der Waals surface area contributed by atoms with Crippen LogP contribution < -0.4 is 5.32 Å². The summed E-state index contributed by atoms with van der Waals surface area (Å²) in [6.45, 7) is 0.450. The number of hydrogen-bond donors (Lipinski definition) is 2. The Morgan fingerprint density at radius 3 is 2.76 bits per heavy atom. The summed E-state index contributed by atoms with van der Waals surface area (Å²) in [6, 6.07) is 8.74. The third kappa shape index (κ3) is 4.17. The molecule has 0 radical (unpaired) electrons. The first-order valence-electron chi connectivity index (χ1n) is 8.52. The van der Waals surface area contributed by atoms with Gasteiger partial charge in [0.2, 0.25) is 5.91 Å². The third-order valence-electron chi connectivity index (χ3n) is 4.86. The molecule has 132 valence electrons. The van der Waals surface area contributed by atoms with Crippen molar-refractivity contribution < 1.29 is 14.3 Å². The second-order valence-corrected chi connectivity index (χ2v) is 7.48. The Hall–Kier alpha value is -1.98. The lowest BCUT2D eigenvalue weighted by atomic mass is 9.78. The minimum atomic E-state index is -0.304. The van der Waals surface area contributed by atoms with Crippen LogP contribution >= 0.6 is 11.3 Å². The Balaban J connectivity index is 1.66. The maximum absolute atomic E-state index is 14.3. The topological polar surface area (TPSA) is 49.3 Å². The van der Waals surface area contributed by atoms with Crippen molar-refractivity contribution in [1.29, 1.82) is 0 Å².